The third kappa shape index (κ3) is 1.94. The molecule has 0 aliphatic heterocycles. The molecule has 1 aromatic carbocycles. The third-order valence-electron chi connectivity index (χ3n) is 2.04. The molecule has 2 N–H and O–H groups in total. The number of anilines is 1. The predicted molar refractivity (Wildman–Crippen MR) is 59.9 cm³/mol. The molecule has 2 aromatic rings. The van der Waals surface area contributed by atoms with Gasteiger partial charge >= 0.3 is 0 Å². The maximum Gasteiger partial charge on any atom is 0.153 e. The molecule has 15 heavy (non-hydrogen) atoms. The van der Waals surface area contributed by atoms with Gasteiger partial charge in [-0.15, -0.1) is 12.4 Å². The number of aromatic nitrogens is 1. The van der Waals surface area contributed by atoms with Gasteiger partial charge in [0.05, 0.1) is 7.11 Å². The van der Waals surface area contributed by atoms with Crippen molar-refractivity contribution in [1.29, 1.82) is 0 Å². The smallest absolute Gasteiger partial charge is 0.153 e. The first-order valence-electron chi connectivity index (χ1n) is 4.10. The number of rotatable bonds is 1. The molecule has 80 valence electrons. The lowest BCUT2D eigenvalue weighted by atomic mass is 10.2. The number of ether oxygens (including phenoxy) is 1. The average molecular weight is 229 g/mol. The van der Waals surface area contributed by atoms with Gasteiger partial charge in [-0.25, -0.2) is 4.39 Å². The SMILES string of the molecule is COc1cc(F)c2nccc(N)c2c1.Cl. The Morgan fingerprint density at radius 2 is 2.13 bits per heavy atom. The summed E-state index contributed by atoms with van der Waals surface area (Å²) in [4.78, 5) is 3.91. The molecule has 0 saturated carbocycles. The van der Waals surface area contributed by atoms with Crippen LogP contribution in [0.5, 0.6) is 5.75 Å². The summed E-state index contributed by atoms with van der Waals surface area (Å²) in [6.45, 7) is 0. The van der Waals surface area contributed by atoms with Gasteiger partial charge in [-0.2, -0.15) is 0 Å². The third-order valence-corrected chi connectivity index (χ3v) is 2.04. The van der Waals surface area contributed by atoms with Gasteiger partial charge in [0.2, 0.25) is 0 Å². The van der Waals surface area contributed by atoms with Crippen molar-refractivity contribution in [3.63, 3.8) is 0 Å². The van der Waals surface area contributed by atoms with Gasteiger partial charge in [-0.3, -0.25) is 4.98 Å². The fraction of sp³-hybridized carbons (Fsp3) is 0.100. The number of methoxy groups -OCH3 is 1. The molecule has 0 amide bonds. The number of benzene rings is 1. The second kappa shape index (κ2) is 4.31. The largest absolute Gasteiger partial charge is 0.497 e. The van der Waals surface area contributed by atoms with Gasteiger partial charge in [-0.1, -0.05) is 0 Å². The van der Waals surface area contributed by atoms with Crippen molar-refractivity contribution < 1.29 is 9.13 Å². The van der Waals surface area contributed by atoms with Crippen LogP contribution >= 0.6 is 12.4 Å². The van der Waals surface area contributed by atoms with Crippen LogP contribution in [0.1, 0.15) is 0 Å². The maximum atomic E-state index is 13.4. The number of nitrogen functional groups attached to an aromatic ring is 1. The first kappa shape index (κ1) is 11.5. The van der Waals surface area contributed by atoms with Gasteiger partial charge in [-0.05, 0) is 12.1 Å². The summed E-state index contributed by atoms with van der Waals surface area (Å²) in [6, 6.07) is 4.58. The van der Waals surface area contributed by atoms with Crippen LogP contribution in [0.25, 0.3) is 10.9 Å². The number of nitrogens with two attached hydrogens (primary N) is 1. The van der Waals surface area contributed by atoms with Crippen LogP contribution in [0.3, 0.4) is 0 Å². The van der Waals surface area contributed by atoms with Gasteiger partial charge in [0.15, 0.2) is 5.82 Å². The number of halogens is 2. The lowest BCUT2D eigenvalue weighted by Gasteiger charge is -2.05. The van der Waals surface area contributed by atoms with Gasteiger partial charge in [0.1, 0.15) is 11.3 Å². The van der Waals surface area contributed by atoms with E-state index in [4.69, 9.17) is 10.5 Å². The Morgan fingerprint density at radius 3 is 2.80 bits per heavy atom. The van der Waals surface area contributed by atoms with Crippen LogP contribution < -0.4 is 10.5 Å². The molecule has 1 aromatic heterocycles. The monoisotopic (exact) mass is 228 g/mol. The second-order valence-corrected chi connectivity index (χ2v) is 2.91. The Kier molecular flexibility index (Phi) is 3.31. The molecule has 2 rings (SSSR count). The summed E-state index contributed by atoms with van der Waals surface area (Å²) in [7, 11) is 1.48. The zero-order valence-electron chi connectivity index (χ0n) is 8.03. The molecule has 0 radical (unpaired) electrons. The molecule has 1 heterocycles. The molecular formula is C10H10ClFN2O. The van der Waals surface area contributed by atoms with Crippen LogP contribution in [-0.2, 0) is 0 Å². The fourth-order valence-corrected chi connectivity index (χ4v) is 1.33. The van der Waals surface area contributed by atoms with Crippen molar-refractivity contribution in [1.82, 2.24) is 4.98 Å². The van der Waals surface area contributed by atoms with Crippen LogP contribution in [-0.4, -0.2) is 12.1 Å². The highest BCUT2D eigenvalue weighted by Gasteiger charge is 2.07. The van der Waals surface area contributed by atoms with E-state index in [0.29, 0.717) is 16.8 Å². The van der Waals surface area contributed by atoms with Crippen molar-refractivity contribution in [2.45, 2.75) is 0 Å². The second-order valence-electron chi connectivity index (χ2n) is 2.91. The van der Waals surface area contributed by atoms with E-state index in [-0.39, 0.29) is 17.9 Å². The molecule has 0 saturated heterocycles. The minimum absolute atomic E-state index is 0. The summed E-state index contributed by atoms with van der Waals surface area (Å²) < 4.78 is 18.4. The Bertz CT molecular complexity index is 490. The summed E-state index contributed by atoms with van der Waals surface area (Å²) in [5.74, 6) is 0.0151. The van der Waals surface area contributed by atoms with Crippen molar-refractivity contribution in [3.8, 4) is 5.75 Å². The molecule has 5 heteroatoms. The minimum Gasteiger partial charge on any atom is -0.497 e. The van der Waals surface area contributed by atoms with Crippen LogP contribution in [0, 0.1) is 5.82 Å². The van der Waals surface area contributed by atoms with E-state index in [9.17, 15) is 4.39 Å². The van der Waals surface area contributed by atoms with Crippen molar-refractivity contribution in [2.24, 2.45) is 0 Å². The van der Waals surface area contributed by atoms with E-state index in [0.717, 1.165) is 0 Å². The lowest BCUT2D eigenvalue weighted by molar-refractivity contribution is 0.412. The Labute approximate surface area is 92.5 Å². The van der Waals surface area contributed by atoms with Gasteiger partial charge in [0, 0.05) is 23.3 Å². The zero-order valence-corrected chi connectivity index (χ0v) is 8.84. The Hall–Kier alpha value is -1.55. The van der Waals surface area contributed by atoms with Crippen molar-refractivity contribution >= 4 is 29.0 Å². The first-order chi connectivity index (χ1) is 6.72. The highest BCUT2D eigenvalue weighted by molar-refractivity contribution is 5.91. The van der Waals surface area contributed by atoms with Crippen LogP contribution in [0.15, 0.2) is 24.4 Å². The van der Waals surface area contributed by atoms with Crippen LogP contribution in [0.2, 0.25) is 0 Å². The number of pyridine rings is 1. The van der Waals surface area contributed by atoms with Gasteiger partial charge in [0.25, 0.3) is 0 Å². The summed E-state index contributed by atoms with van der Waals surface area (Å²) in [5, 5.41) is 0.573. The number of hydrogen-bond donors (Lipinski definition) is 1. The number of hydrogen-bond acceptors (Lipinski definition) is 3. The quantitative estimate of drug-likeness (QED) is 0.815. The Morgan fingerprint density at radius 1 is 1.40 bits per heavy atom. The van der Waals surface area contributed by atoms with E-state index in [2.05, 4.69) is 4.98 Å². The van der Waals surface area contributed by atoms with E-state index in [1.54, 1.807) is 12.1 Å². The molecule has 0 aliphatic rings. The predicted octanol–water partition coefficient (Wildman–Crippen LogP) is 2.39. The zero-order chi connectivity index (χ0) is 10.1. The molecule has 3 nitrogen and oxygen atoms in total. The van der Waals surface area contributed by atoms with Crippen molar-refractivity contribution in [3.05, 3.63) is 30.2 Å². The summed E-state index contributed by atoms with van der Waals surface area (Å²) >= 11 is 0. The summed E-state index contributed by atoms with van der Waals surface area (Å²) in [6.07, 6.45) is 1.48. The highest BCUT2D eigenvalue weighted by atomic mass is 35.5. The standard InChI is InChI=1S/C10H9FN2O.ClH/c1-14-6-4-7-9(12)2-3-13-10(7)8(11)5-6;/h2-5H,1H3,(H2,12,13);1H. The van der Waals surface area contributed by atoms with Crippen molar-refractivity contribution in [2.75, 3.05) is 12.8 Å². The molecule has 0 fully saturated rings. The van der Waals surface area contributed by atoms with E-state index in [1.165, 1.54) is 19.4 Å². The molecule has 0 bridgehead atoms. The lowest BCUT2D eigenvalue weighted by Crippen LogP contribution is -1.93. The topological polar surface area (TPSA) is 48.1 Å². The van der Waals surface area contributed by atoms with Gasteiger partial charge < -0.3 is 10.5 Å². The minimum atomic E-state index is -0.424. The highest BCUT2D eigenvalue weighted by Crippen LogP contribution is 2.26. The normalized spacial score (nSPS) is 9.73. The molecule has 0 unspecified atom stereocenters. The number of fused-ring (bicyclic) bond motifs is 1. The first-order valence-corrected chi connectivity index (χ1v) is 4.10. The number of nitrogens with zero attached hydrogens (tertiary/aromatic N) is 1. The molecule has 0 spiro atoms. The van der Waals surface area contributed by atoms with E-state index in [1.807, 2.05) is 0 Å². The van der Waals surface area contributed by atoms with Crippen LogP contribution in [0.4, 0.5) is 10.1 Å². The fourth-order valence-electron chi connectivity index (χ4n) is 1.33. The molecule has 0 atom stereocenters. The average Bonchev–Trinajstić information content (AvgIpc) is 2.19. The molecule has 0 aliphatic carbocycles. The molecular weight excluding hydrogens is 219 g/mol. The van der Waals surface area contributed by atoms with E-state index < -0.39 is 5.82 Å². The Balaban J connectivity index is 0.00000112. The maximum absolute atomic E-state index is 13.4. The summed E-state index contributed by atoms with van der Waals surface area (Å²) in [5.41, 5.74) is 6.45. The van der Waals surface area contributed by atoms with E-state index >= 15 is 0 Å².